The van der Waals surface area contributed by atoms with Crippen LogP contribution in [0.2, 0.25) is 0 Å². The lowest BCUT2D eigenvalue weighted by atomic mass is 10.0. The van der Waals surface area contributed by atoms with Crippen molar-refractivity contribution in [1.82, 2.24) is 5.32 Å². The molecule has 3 heteroatoms. The monoisotopic (exact) mass is 260 g/mol. The molecule has 1 aliphatic heterocycles. The summed E-state index contributed by atoms with van der Waals surface area (Å²) in [7, 11) is 1.77. The highest BCUT2D eigenvalue weighted by Crippen LogP contribution is 2.35. The van der Waals surface area contributed by atoms with E-state index in [1.807, 2.05) is 0 Å². The first-order chi connectivity index (χ1) is 9.29. The van der Waals surface area contributed by atoms with Gasteiger partial charge in [-0.2, -0.15) is 0 Å². The fourth-order valence-corrected chi connectivity index (χ4v) is 3.11. The number of benzene rings is 1. The molecule has 0 amide bonds. The van der Waals surface area contributed by atoms with Crippen molar-refractivity contribution in [2.75, 3.05) is 25.1 Å². The third-order valence-electron chi connectivity index (χ3n) is 4.39. The van der Waals surface area contributed by atoms with E-state index < -0.39 is 0 Å². The van der Waals surface area contributed by atoms with Gasteiger partial charge in [0.1, 0.15) is 0 Å². The fraction of sp³-hybridized carbons (Fsp3) is 0.625. The van der Waals surface area contributed by atoms with Crippen LogP contribution in [0.1, 0.15) is 25.3 Å². The summed E-state index contributed by atoms with van der Waals surface area (Å²) in [5, 5.41) is 3.71. The number of hydrogen-bond donors (Lipinski definition) is 1. The Hall–Kier alpha value is -1.06. The van der Waals surface area contributed by atoms with Crippen molar-refractivity contribution in [3.8, 4) is 0 Å². The Morgan fingerprint density at radius 3 is 2.84 bits per heavy atom. The summed E-state index contributed by atoms with van der Waals surface area (Å²) in [6, 6.07) is 9.87. The number of nitrogens with zero attached hydrogens (tertiary/aromatic N) is 1. The zero-order valence-corrected chi connectivity index (χ0v) is 11.9. The number of nitrogens with one attached hydrogen (secondary N) is 1. The van der Waals surface area contributed by atoms with E-state index in [0.29, 0.717) is 18.7 Å². The zero-order valence-electron chi connectivity index (χ0n) is 11.9. The van der Waals surface area contributed by atoms with Crippen LogP contribution < -0.4 is 10.2 Å². The maximum absolute atomic E-state index is 5.34. The molecule has 19 heavy (non-hydrogen) atoms. The van der Waals surface area contributed by atoms with Crippen molar-refractivity contribution < 1.29 is 4.74 Å². The van der Waals surface area contributed by atoms with Gasteiger partial charge in [0, 0.05) is 43.5 Å². The summed E-state index contributed by atoms with van der Waals surface area (Å²) in [5.74, 6) is 0.907. The smallest absolute Gasteiger partial charge is 0.0733 e. The second kappa shape index (κ2) is 5.51. The highest BCUT2D eigenvalue weighted by Gasteiger charge is 2.36. The standard InChI is InChI=1S/C16H24N2O/c1-12-9-17-15(13-7-8-13)10-18(12)16-6-4-3-5-14(16)11-19-2/h3-6,12-13,15,17H,7-11H2,1-2H3. The minimum absolute atomic E-state index is 0.549. The minimum Gasteiger partial charge on any atom is -0.380 e. The average molecular weight is 260 g/mol. The Bertz CT molecular complexity index is 431. The average Bonchev–Trinajstić information content (AvgIpc) is 3.25. The van der Waals surface area contributed by atoms with Gasteiger partial charge in [-0.05, 0) is 31.7 Å². The van der Waals surface area contributed by atoms with Crippen molar-refractivity contribution in [2.45, 2.75) is 38.5 Å². The molecule has 0 bridgehead atoms. The molecule has 1 aliphatic carbocycles. The van der Waals surface area contributed by atoms with Gasteiger partial charge in [0.15, 0.2) is 0 Å². The summed E-state index contributed by atoms with van der Waals surface area (Å²) in [6.07, 6.45) is 2.80. The predicted molar refractivity (Wildman–Crippen MR) is 78.5 cm³/mol. The number of para-hydroxylation sites is 1. The Labute approximate surface area is 115 Å². The first kappa shape index (κ1) is 12.9. The van der Waals surface area contributed by atoms with Crippen LogP contribution in [0.25, 0.3) is 0 Å². The molecule has 1 N–H and O–H groups in total. The van der Waals surface area contributed by atoms with E-state index in [4.69, 9.17) is 4.74 Å². The number of ether oxygens (including phenoxy) is 1. The van der Waals surface area contributed by atoms with Crippen molar-refractivity contribution in [3.63, 3.8) is 0 Å². The van der Waals surface area contributed by atoms with Crippen molar-refractivity contribution >= 4 is 5.69 Å². The summed E-state index contributed by atoms with van der Waals surface area (Å²) in [5.41, 5.74) is 2.65. The molecule has 3 rings (SSSR count). The van der Waals surface area contributed by atoms with E-state index in [1.165, 1.54) is 24.1 Å². The topological polar surface area (TPSA) is 24.5 Å². The first-order valence-corrected chi connectivity index (χ1v) is 7.36. The highest BCUT2D eigenvalue weighted by molar-refractivity contribution is 5.55. The molecule has 2 atom stereocenters. The van der Waals surface area contributed by atoms with Crippen molar-refractivity contribution in [1.29, 1.82) is 0 Å². The molecule has 2 aliphatic rings. The number of methoxy groups -OCH3 is 1. The van der Waals surface area contributed by atoms with E-state index in [2.05, 4.69) is 41.4 Å². The third-order valence-corrected chi connectivity index (χ3v) is 4.39. The van der Waals surface area contributed by atoms with E-state index in [-0.39, 0.29) is 0 Å². The quantitative estimate of drug-likeness (QED) is 0.899. The van der Waals surface area contributed by atoms with Gasteiger partial charge in [-0.15, -0.1) is 0 Å². The summed E-state index contributed by atoms with van der Waals surface area (Å²) in [6.45, 7) is 5.22. The van der Waals surface area contributed by atoms with Gasteiger partial charge in [-0.1, -0.05) is 18.2 Å². The number of hydrogen-bond acceptors (Lipinski definition) is 3. The molecule has 2 unspecified atom stereocenters. The van der Waals surface area contributed by atoms with Crippen molar-refractivity contribution in [2.24, 2.45) is 5.92 Å². The van der Waals surface area contributed by atoms with Crippen LogP contribution in [0, 0.1) is 5.92 Å². The maximum Gasteiger partial charge on any atom is 0.0733 e. The zero-order chi connectivity index (χ0) is 13.2. The molecule has 3 nitrogen and oxygen atoms in total. The summed E-state index contributed by atoms with van der Waals surface area (Å²) < 4.78 is 5.34. The Balaban J connectivity index is 1.81. The Kier molecular flexibility index (Phi) is 3.76. The van der Waals surface area contributed by atoms with E-state index in [9.17, 15) is 0 Å². The molecule has 2 fully saturated rings. The highest BCUT2D eigenvalue weighted by atomic mass is 16.5. The second-order valence-corrected chi connectivity index (χ2v) is 5.92. The number of anilines is 1. The van der Waals surface area contributed by atoms with Crippen LogP contribution in [-0.4, -0.2) is 32.3 Å². The van der Waals surface area contributed by atoms with Crippen LogP contribution in [0.15, 0.2) is 24.3 Å². The van der Waals surface area contributed by atoms with Gasteiger partial charge in [0.25, 0.3) is 0 Å². The van der Waals surface area contributed by atoms with Crippen LogP contribution in [0.5, 0.6) is 0 Å². The Morgan fingerprint density at radius 1 is 1.32 bits per heavy atom. The van der Waals surface area contributed by atoms with E-state index in [0.717, 1.165) is 19.0 Å². The molecule has 1 saturated heterocycles. The summed E-state index contributed by atoms with van der Waals surface area (Å²) >= 11 is 0. The van der Waals surface area contributed by atoms with Crippen molar-refractivity contribution in [3.05, 3.63) is 29.8 Å². The number of piperazine rings is 1. The van der Waals surface area contributed by atoms with Gasteiger partial charge in [-0.25, -0.2) is 0 Å². The normalized spacial score (nSPS) is 27.6. The summed E-state index contributed by atoms with van der Waals surface area (Å²) in [4.78, 5) is 2.56. The molecule has 104 valence electrons. The van der Waals surface area contributed by atoms with Crippen LogP contribution >= 0.6 is 0 Å². The molecular formula is C16H24N2O. The molecule has 1 saturated carbocycles. The molecule has 1 heterocycles. The predicted octanol–water partition coefficient (Wildman–Crippen LogP) is 2.41. The van der Waals surface area contributed by atoms with Crippen LogP contribution in [0.4, 0.5) is 5.69 Å². The molecular weight excluding hydrogens is 236 g/mol. The van der Waals surface area contributed by atoms with Gasteiger partial charge < -0.3 is 15.0 Å². The molecule has 1 aromatic carbocycles. The maximum atomic E-state index is 5.34. The number of rotatable bonds is 4. The van der Waals surface area contributed by atoms with Gasteiger partial charge >= 0.3 is 0 Å². The molecule has 0 spiro atoms. The largest absolute Gasteiger partial charge is 0.380 e. The van der Waals surface area contributed by atoms with Crippen LogP contribution in [-0.2, 0) is 11.3 Å². The van der Waals surface area contributed by atoms with E-state index in [1.54, 1.807) is 7.11 Å². The van der Waals surface area contributed by atoms with Gasteiger partial charge in [0.05, 0.1) is 6.61 Å². The first-order valence-electron chi connectivity index (χ1n) is 7.36. The second-order valence-electron chi connectivity index (χ2n) is 5.92. The van der Waals surface area contributed by atoms with Gasteiger partial charge in [-0.3, -0.25) is 0 Å². The molecule has 1 aromatic rings. The SMILES string of the molecule is COCc1ccccc1N1CC(C2CC2)NCC1C. The van der Waals surface area contributed by atoms with Crippen LogP contribution in [0.3, 0.4) is 0 Å². The lowest BCUT2D eigenvalue weighted by molar-refractivity contribution is 0.185. The minimum atomic E-state index is 0.549. The molecule has 0 aromatic heterocycles. The third kappa shape index (κ3) is 2.77. The van der Waals surface area contributed by atoms with E-state index >= 15 is 0 Å². The lowest BCUT2D eigenvalue weighted by Gasteiger charge is -2.41. The van der Waals surface area contributed by atoms with Gasteiger partial charge in [0.2, 0.25) is 0 Å². The lowest BCUT2D eigenvalue weighted by Crippen LogP contribution is -2.56. The molecule has 0 radical (unpaired) electrons. The Morgan fingerprint density at radius 2 is 2.11 bits per heavy atom. The fourth-order valence-electron chi connectivity index (χ4n) is 3.11.